The number of esters is 1. The van der Waals surface area contributed by atoms with Crippen LogP contribution in [0.15, 0.2) is 36.4 Å². The molecule has 0 radical (unpaired) electrons. The lowest BCUT2D eigenvalue weighted by Crippen LogP contribution is -2.45. The second-order valence-electron chi connectivity index (χ2n) is 8.34. The van der Waals surface area contributed by atoms with Crippen molar-refractivity contribution in [3.05, 3.63) is 47.5 Å². The molecule has 1 amide bonds. The molecule has 182 valence electrons. The number of methoxy groups -OCH3 is 3. The molecule has 2 aromatic carbocycles. The fraction of sp³-hybridized carbons (Fsp3) is 0.423. The molecule has 3 atom stereocenters. The van der Waals surface area contributed by atoms with E-state index in [0.717, 1.165) is 22.3 Å². The van der Waals surface area contributed by atoms with Crippen molar-refractivity contribution >= 4 is 17.7 Å². The average Bonchev–Trinajstić information content (AvgIpc) is 2.85. The Morgan fingerprint density at radius 1 is 1.00 bits per heavy atom. The SMILES string of the molecule is CCN[C@@H]1C(=O)C[C@@H](C)C(=O)N[C@H](C(=O)OC)Cc2ccc(OC)c(c2)-c2cc1ccc2OC. The molecule has 3 rings (SSSR count). The van der Waals surface area contributed by atoms with Gasteiger partial charge in [0.15, 0.2) is 5.78 Å². The molecule has 0 fully saturated rings. The number of ether oxygens (including phenoxy) is 3. The van der Waals surface area contributed by atoms with Gasteiger partial charge in [-0.2, -0.15) is 0 Å². The number of benzene rings is 2. The van der Waals surface area contributed by atoms with Crippen LogP contribution < -0.4 is 20.1 Å². The highest BCUT2D eigenvalue weighted by Crippen LogP contribution is 2.39. The Bertz CT molecular complexity index is 1070. The number of carbonyl (C=O) groups excluding carboxylic acids is 3. The standard InChI is InChI=1S/C26H32N2O6/c1-6-27-24-17-8-10-23(33-4)19(14-17)18-12-16(7-9-22(18)32-3)13-20(26(31)34-5)28-25(30)15(2)11-21(24)29/h7-10,12,14-15,20,24,27H,6,11,13H2,1-5H3,(H,28,30)/t15-,20+,24+/m1/s1. The zero-order valence-electron chi connectivity index (χ0n) is 20.3. The molecule has 0 saturated carbocycles. The predicted octanol–water partition coefficient (Wildman–Crippen LogP) is 2.83. The van der Waals surface area contributed by atoms with Crippen LogP contribution in [-0.4, -0.2) is 51.6 Å². The van der Waals surface area contributed by atoms with Crippen LogP contribution in [0.5, 0.6) is 11.5 Å². The Hall–Kier alpha value is -3.39. The maximum atomic E-state index is 13.3. The third-order valence-corrected chi connectivity index (χ3v) is 6.04. The topological polar surface area (TPSA) is 103 Å². The van der Waals surface area contributed by atoms with E-state index in [2.05, 4.69) is 10.6 Å². The number of fused-ring (bicyclic) bond motifs is 5. The molecule has 34 heavy (non-hydrogen) atoms. The summed E-state index contributed by atoms with van der Waals surface area (Å²) in [6.07, 6.45) is 0.242. The van der Waals surface area contributed by atoms with Gasteiger partial charge in [-0.05, 0) is 41.9 Å². The molecule has 4 bridgehead atoms. The van der Waals surface area contributed by atoms with E-state index in [9.17, 15) is 14.4 Å². The minimum absolute atomic E-state index is 0.0212. The zero-order valence-corrected chi connectivity index (χ0v) is 20.3. The molecule has 0 aromatic heterocycles. The maximum Gasteiger partial charge on any atom is 0.328 e. The van der Waals surface area contributed by atoms with Crippen molar-refractivity contribution in [3.63, 3.8) is 0 Å². The van der Waals surface area contributed by atoms with Gasteiger partial charge in [0, 0.05) is 29.9 Å². The lowest BCUT2D eigenvalue weighted by Gasteiger charge is -2.24. The second-order valence-corrected chi connectivity index (χ2v) is 8.34. The Kier molecular flexibility index (Phi) is 8.28. The van der Waals surface area contributed by atoms with E-state index >= 15 is 0 Å². The molecule has 1 heterocycles. The van der Waals surface area contributed by atoms with Crippen LogP contribution in [0, 0.1) is 5.92 Å². The summed E-state index contributed by atoms with van der Waals surface area (Å²) in [6.45, 7) is 4.18. The van der Waals surface area contributed by atoms with E-state index in [0.29, 0.717) is 18.0 Å². The normalized spacial score (nSPS) is 20.7. The molecular formula is C26H32N2O6. The van der Waals surface area contributed by atoms with Gasteiger partial charge >= 0.3 is 5.97 Å². The summed E-state index contributed by atoms with van der Waals surface area (Å²) in [7, 11) is 4.45. The average molecular weight is 469 g/mol. The van der Waals surface area contributed by atoms with Crippen LogP contribution in [0.1, 0.15) is 37.4 Å². The van der Waals surface area contributed by atoms with Crippen LogP contribution >= 0.6 is 0 Å². The number of hydrogen-bond acceptors (Lipinski definition) is 7. The van der Waals surface area contributed by atoms with Gasteiger partial charge < -0.3 is 24.8 Å². The third-order valence-electron chi connectivity index (χ3n) is 6.04. The summed E-state index contributed by atoms with van der Waals surface area (Å²) in [5, 5.41) is 6.00. The van der Waals surface area contributed by atoms with Crippen molar-refractivity contribution in [1.29, 1.82) is 0 Å². The van der Waals surface area contributed by atoms with E-state index in [4.69, 9.17) is 14.2 Å². The molecule has 2 N–H and O–H groups in total. The first-order valence-electron chi connectivity index (χ1n) is 11.3. The van der Waals surface area contributed by atoms with E-state index in [1.807, 2.05) is 43.3 Å². The van der Waals surface area contributed by atoms with Crippen LogP contribution in [0.3, 0.4) is 0 Å². The lowest BCUT2D eigenvalue weighted by atomic mass is 9.90. The number of Topliss-reactive ketones (excluding diaryl/α,β-unsaturated/α-hetero) is 1. The van der Waals surface area contributed by atoms with Gasteiger partial charge in [-0.1, -0.05) is 26.0 Å². The quantitative estimate of drug-likeness (QED) is 0.651. The number of hydrogen-bond donors (Lipinski definition) is 2. The second kappa shape index (κ2) is 11.2. The van der Waals surface area contributed by atoms with Crippen LogP contribution in [0.2, 0.25) is 0 Å². The summed E-state index contributed by atoms with van der Waals surface area (Å²) in [5.41, 5.74) is 3.09. The fourth-order valence-corrected chi connectivity index (χ4v) is 4.23. The highest BCUT2D eigenvalue weighted by Gasteiger charge is 2.29. The lowest BCUT2D eigenvalue weighted by molar-refractivity contribution is -0.145. The van der Waals surface area contributed by atoms with Gasteiger partial charge in [-0.25, -0.2) is 4.79 Å². The Labute approximate surface area is 200 Å². The molecule has 2 aromatic rings. The first kappa shape index (κ1) is 25.2. The zero-order chi connectivity index (χ0) is 24.8. The van der Waals surface area contributed by atoms with Gasteiger partial charge in [-0.15, -0.1) is 0 Å². The summed E-state index contributed by atoms with van der Waals surface area (Å²) in [5.74, 6) is -0.423. The molecule has 0 aliphatic carbocycles. The Morgan fingerprint density at radius 2 is 1.65 bits per heavy atom. The minimum Gasteiger partial charge on any atom is -0.496 e. The van der Waals surface area contributed by atoms with E-state index in [1.54, 1.807) is 21.1 Å². The molecule has 8 heteroatoms. The van der Waals surface area contributed by atoms with Crippen LogP contribution in [0.4, 0.5) is 0 Å². The molecular weight excluding hydrogens is 436 g/mol. The van der Waals surface area contributed by atoms with E-state index in [1.165, 1.54) is 7.11 Å². The largest absolute Gasteiger partial charge is 0.496 e. The van der Waals surface area contributed by atoms with Crippen LogP contribution in [-0.2, 0) is 25.5 Å². The molecule has 0 spiro atoms. The number of nitrogens with one attached hydrogen (secondary N) is 2. The van der Waals surface area contributed by atoms with Crippen molar-refractivity contribution in [2.75, 3.05) is 27.9 Å². The monoisotopic (exact) mass is 468 g/mol. The molecule has 8 nitrogen and oxygen atoms in total. The molecule has 0 unspecified atom stereocenters. The minimum atomic E-state index is -0.892. The Balaban J connectivity index is 2.24. The molecule has 0 saturated heterocycles. The van der Waals surface area contributed by atoms with Crippen molar-refractivity contribution in [3.8, 4) is 22.6 Å². The summed E-state index contributed by atoms with van der Waals surface area (Å²) in [4.78, 5) is 38.6. The number of ketones is 1. The summed E-state index contributed by atoms with van der Waals surface area (Å²) < 4.78 is 16.2. The highest BCUT2D eigenvalue weighted by molar-refractivity contribution is 5.92. The van der Waals surface area contributed by atoms with Crippen LogP contribution in [0.25, 0.3) is 11.1 Å². The third kappa shape index (κ3) is 5.39. The number of amides is 1. The number of carbonyl (C=O) groups is 3. The van der Waals surface area contributed by atoms with Crippen molar-refractivity contribution in [1.82, 2.24) is 10.6 Å². The summed E-state index contributed by atoms with van der Waals surface area (Å²) >= 11 is 0. The Morgan fingerprint density at radius 3 is 2.26 bits per heavy atom. The van der Waals surface area contributed by atoms with E-state index in [-0.39, 0.29) is 24.5 Å². The van der Waals surface area contributed by atoms with Crippen molar-refractivity contribution < 1.29 is 28.6 Å². The van der Waals surface area contributed by atoms with Gasteiger partial charge in [-0.3, -0.25) is 9.59 Å². The number of likely N-dealkylation sites (N-methyl/N-ethyl adjacent to an activating group) is 1. The van der Waals surface area contributed by atoms with Gasteiger partial charge in [0.25, 0.3) is 0 Å². The van der Waals surface area contributed by atoms with Crippen molar-refractivity contribution in [2.45, 2.75) is 38.8 Å². The smallest absolute Gasteiger partial charge is 0.328 e. The fourth-order valence-electron chi connectivity index (χ4n) is 4.23. The molecule has 1 aliphatic heterocycles. The first-order valence-corrected chi connectivity index (χ1v) is 11.3. The van der Waals surface area contributed by atoms with Gasteiger partial charge in [0.1, 0.15) is 17.5 Å². The summed E-state index contributed by atoms with van der Waals surface area (Å²) in [6, 6.07) is 9.67. The maximum absolute atomic E-state index is 13.3. The molecule has 1 aliphatic rings. The first-order chi connectivity index (χ1) is 16.3. The van der Waals surface area contributed by atoms with Gasteiger partial charge in [0.2, 0.25) is 5.91 Å². The van der Waals surface area contributed by atoms with E-state index < -0.39 is 24.0 Å². The highest BCUT2D eigenvalue weighted by atomic mass is 16.5. The van der Waals surface area contributed by atoms with Gasteiger partial charge in [0.05, 0.1) is 27.4 Å². The van der Waals surface area contributed by atoms with Crippen molar-refractivity contribution in [2.24, 2.45) is 5.92 Å². The number of rotatable bonds is 5. The predicted molar refractivity (Wildman–Crippen MR) is 128 cm³/mol.